The zero-order valence-corrected chi connectivity index (χ0v) is 47.9. The van der Waals surface area contributed by atoms with Crippen molar-refractivity contribution >= 4 is 0 Å². The summed E-state index contributed by atoms with van der Waals surface area (Å²) in [6.45, 7) is 50.4. The summed E-state index contributed by atoms with van der Waals surface area (Å²) >= 11 is 0. The predicted molar refractivity (Wildman–Crippen MR) is 285 cm³/mol. The van der Waals surface area contributed by atoms with Crippen molar-refractivity contribution < 1.29 is 0 Å². The average molecular weight is 858 g/mol. The van der Waals surface area contributed by atoms with E-state index in [4.69, 9.17) is 5.73 Å². The Balaban J connectivity index is -0.000000146. The van der Waals surface area contributed by atoms with Crippen molar-refractivity contribution in [3.8, 4) is 0 Å². The van der Waals surface area contributed by atoms with Gasteiger partial charge in [0.2, 0.25) is 0 Å². The van der Waals surface area contributed by atoms with Crippen LogP contribution in [0.3, 0.4) is 0 Å². The van der Waals surface area contributed by atoms with E-state index < -0.39 is 0 Å². The fourth-order valence-electron chi connectivity index (χ4n) is 5.86. The van der Waals surface area contributed by atoms with Crippen molar-refractivity contribution in [1.29, 1.82) is 0 Å². The Morgan fingerprint density at radius 1 is 0.267 bits per heavy atom. The van der Waals surface area contributed by atoms with Crippen LogP contribution < -0.4 is 5.73 Å². The van der Waals surface area contributed by atoms with Gasteiger partial charge in [0.05, 0.1) is 0 Å². The molecule has 0 atom stereocenters. The summed E-state index contributed by atoms with van der Waals surface area (Å²) < 4.78 is 0. The molecule has 0 fully saturated rings. The van der Waals surface area contributed by atoms with Crippen LogP contribution in [-0.4, -0.2) is 83.2 Å². The van der Waals surface area contributed by atoms with Crippen molar-refractivity contribution in [2.75, 3.05) is 68.5 Å². The molecule has 0 unspecified atom stereocenters. The molecule has 0 aromatic heterocycles. The highest BCUT2D eigenvalue weighted by Crippen LogP contribution is 2.24. The first kappa shape index (κ1) is 71.5. The molecule has 0 heterocycles. The predicted octanol–water partition coefficient (Wildman–Crippen LogP) is 17.7. The Hall–Kier alpha value is -0.160. The number of hydrogen-bond donors (Lipinski definition) is 1. The second-order valence-electron chi connectivity index (χ2n) is 26.3. The molecule has 2 N–H and O–H groups in total. The molecule has 0 aliphatic rings. The first-order valence-corrected chi connectivity index (χ1v) is 25.6. The zero-order chi connectivity index (χ0) is 48.7. The van der Waals surface area contributed by atoms with E-state index in [2.05, 4.69) is 195 Å². The normalized spacial score (nSPS) is 12.3. The van der Waals surface area contributed by atoms with Crippen LogP contribution in [0.5, 0.6) is 0 Å². The van der Waals surface area contributed by atoms with Crippen LogP contribution in [-0.2, 0) is 0 Å². The number of nitrogens with zero attached hydrogens (tertiary/aromatic N) is 3. The van der Waals surface area contributed by atoms with Gasteiger partial charge >= 0.3 is 0 Å². The maximum Gasteiger partial charge on any atom is -0.00246 e. The number of rotatable bonds is 21. The van der Waals surface area contributed by atoms with Crippen molar-refractivity contribution in [2.45, 2.75) is 267 Å². The molecule has 0 radical (unpaired) electrons. The molecular formula is C56H128N4. The van der Waals surface area contributed by atoms with Crippen molar-refractivity contribution in [1.82, 2.24) is 14.7 Å². The van der Waals surface area contributed by atoms with Crippen molar-refractivity contribution in [3.63, 3.8) is 0 Å². The maximum absolute atomic E-state index is 5.36. The summed E-state index contributed by atoms with van der Waals surface area (Å²) in [7, 11) is 12.8. The lowest BCUT2D eigenvalue weighted by atomic mass is 9.89. The van der Waals surface area contributed by atoms with E-state index in [9.17, 15) is 0 Å². The van der Waals surface area contributed by atoms with Gasteiger partial charge in [-0.2, -0.15) is 0 Å². The van der Waals surface area contributed by atoms with Crippen molar-refractivity contribution in [3.05, 3.63) is 0 Å². The van der Waals surface area contributed by atoms with E-state index in [1.807, 2.05) is 0 Å². The van der Waals surface area contributed by atoms with Crippen LogP contribution >= 0.6 is 0 Å². The quantitative estimate of drug-likeness (QED) is 0.117. The number of hydrogen-bond acceptors (Lipinski definition) is 4. The smallest absolute Gasteiger partial charge is 0.00246 e. The number of unbranched alkanes of at least 4 members (excludes halogenated alkanes) is 8. The minimum Gasteiger partial charge on any atom is -0.330 e. The van der Waals surface area contributed by atoms with Gasteiger partial charge in [-0.15, -0.1) is 0 Å². The Bertz CT molecular complexity index is 801. The Morgan fingerprint density at radius 3 is 0.733 bits per heavy atom. The van der Waals surface area contributed by atoms with Gasteiger partial charge in [-0.1, -0.05) is 203 Å². The van der Waals surface area contributed by atoms with Gasteiger partial charge in [-0.3, -0.25) is 0 Å². The molecule has 4 nitrogen and oxygen atoms in total. The molecule has 0 saturated carbocycles. The SMILES string of the molecule is CC(C)(C)CCCCN.CCCCC(C)(C)C.CCCCCCC(C)(C)C.CN(C)CCCC(C)(C)C.CN(C)CCCCC(C)(C)C.CN(C)CCCCCC(C)(C)C. The lowest BCUT2D eigenvalue weighted by molar-refractivity contribution is 0.319. The lowest BCUT2D eigenvalue weighted by Gasteiger charge is -2.19. The first-order chi connectivity index (χ1) is 26.9. The molecule has 0 aliphatic heterocycles. The van der Waals surface area contributed by atoms with Gasteiger partial charge in [-0.05, 0) is 165 Å². The highest BCUT2D eigenvalue weighted by molar-refractivity contribution is 4.64. The van der Waals surface area contributed by atoms with Gasteiger partial charge in [0.25, 0.3) is 0 Å². The van der Waals surface area contributed by atoms with E-state index in [0.29, 0.717) is 32.5 Å². The molecule has 0 aromatic rings. The van der Waals surface area contributed by atoms with Gasteiger partial charge < -0.3 is 20.4 Å². The van der Waals surface area contributed by atoms with E-state index in [1.165, 1.54) is 148 Å². The fourth-order valence-corrected chi connectivity index (χ4v) is 5.86. The van der Waals surface area contributed by atoms with E-state index >= 15 is 0 Å². The third-order valence-corrected chi connectivity index (χ3v) is 9.79. The van der Waals surface area contributed by atoms with Crippen LogP contribution in [0.2, 0.25) is 0 Å². The summed E-state index contributed by atoms with van der Waals surface area (Å²) in [5, 5.41) is 0. The molecule has 0 saturated heterocycles. The zero-order valence-electron chi connectivity index (χ0n) is 47.9. The van der Waals surface area contributed by atoms with Crippen LogP contribution in [0.25, 0.3) is 0 Å². The van der Waals surface area contributed by atoms with Gasteiger partial charge in [0.15, 0.2) is 0 Å². The van der Waals surface area contributed by atoms with Crippen LogP contribution in [0.15, 0.2) is 0 Å². The second kappa shape index (κ2) is 41.5. The average Bonchev–Trinajstić information content (AvgIpc) is 3.02. The monoisotopic (exact) mass is 857 g/mol. The van der Waals surface area contributed by atoms with Gasteiger partial charge in [0, 0.05) is 0 Å². The Morgan fingerprint density at radius 2 is 0.483 bits per heavy atom. The summed E-state index contributed by atoms with van der Waals surface area (Å²) in [6, 6.07) is 0. The van der Waals surface area contributed by atoms with Crippen LogP contribution in [0.4, 0.5) is 0 Å². The van der Waals surface area contributed by atoms with Crippen LogP contribution in [0, 0.1) is 32.5 Å². The summed E-state index contributed by atoms with van der Waals surface area (Å²) in [6.07, 6.45) is 27.0. The molecule has 372 valence electrons. The molecule has 0 amide bonds. The second-order valence-corrected chi connectivity index (χ2v) is 26.3. The Labute approximate surface area is 386 Å². The standard InChI is InChI=1S/C11H25N.C10H23N.C10H22.C9H21N.C8H19N.C8H18/c1-11(2,3)9-7-6-8-10-12(4)5;1-10(2,3)8-6-7-9-11(4)5;1-5-6-7-8-9-10(2,3)4;1-9(2,3)7-6-8-10(4)5;1-8(2,3)6-4-5-7-9;1-5-6-7-8(2,3)4/h6-10H2,1-5H3;6-9H2,1-5H3;5-9H2,1-4H3;6-8H2,1-5H3;4-7,9H2,1-3H3;5-7H2,1-4H3. The summed E-state index contributed by atoms with van der Waals surface area (Å²) in [5.41, 5.74) is 8.51. The largest absolute Gasteiger partial charge is 0.330 e. The molecule has 0 bridgehead atoms. The third kappa shape index (κ3) is 107. The number of nitrogens with two attached hydrogens (primary N) is 1. The molecule has 60 heavy (non-hydrogen) atoms. The molecule has 4 heteroatoms. The maximum atomic E-state index is 5.36. The molecule has 0 aliphatic carbocycles. The first-order valence-electron chi connectivity index (χ1n) is 25.6. The third-order valence-electron chi connectivity index (χ3n) is 9.79. The Kier molecular flexibility index (Phi) is 49.5. The minimum atomic E-state index is 0.495. The molecule has 0 aromatic carbocycles. The fraction of sp³-hybridized carbons (Fsp3) is 1.00. The minimum absolute atomic E-state index is 0.495. The highest BCUT2D eigenvalue weighted by atomic mass is 15.1. The molecular weight excluding hydrogens is 729 g/mol. The van der Waals surface area contributed by atoms with Crippen molar-refractivity contribution in [2.24, 2.45) is 38.2 Å². The highest BCUT2D eigenvalue weighted by Gasteiger charge is 2.11. The van der Waals surface area contributed by atoms with E-state index in [1.54, 1.807) is 0 Å². The van der Waals surface area contributed by atoms with E-state index in [-0.39, 0.29) is 0 Å². The van der Waals surface area contributed by atoms with Gasteiger partial charge in [-0.25, -0.2) is 0 Å². The lowest BCUT2D eigenvalue weighted by Crippen LogP contribution is -2.15. The molecule has 0 rings (SSSR count). The summed E-state index contributed by atoms with van der Waals surface area (Å²) in [4.78, 5) is 6.76. The van der Waals surface area contributed by atoms with Crippen LogP contribution in [0.1, 0.15) is 267 Å². The molecule has 0 spiro atoms. The van der Waals surface area contributed by atoms with E-state index in [0.717, 1.165) is 6.54 Å². The summed E-state index contributed by atoms with van der Waals surface area (Å²) in [5.74, 6) is 0. The topological polar surface area (TPSA) is 35.7 Å². The van der Waals surface area contributed by atoms with Gasteiger partial charge in [0.1, 0.15) is 0 Å².